The van der Waals surface area contributed by atoms with Crippen molar-refractivity contribution < 1.29 is 5.11 Å². The normalized spacial score (nSPS) is 14.5. The molecular formula is C17H16OS. The van der Waals surface area contributed by atoms with Gasteiger partial charge in [0.25, 0.3) is 0 Å². The second-order valence-corrected chi connectivity index (χ2v) is 6.00. The van der Waals surface area contributed by atoms with E-state index >= 15 is 0 Å². The second-order valence-electron chi connectivity index (χ2n) is 5.09. The molecule has 1 aromatic heterocycles. The minimum Gasteiger partial charge on any atom is -0.381 e. The topological polar surface area (TPSA) is 20.2 Å². The van der Waals surface area contributed by atoms with Gasteiger partial charge in [0.2, 0.25) is 0 Å². The first-order chi connectivity index (χ1) is 9.09. The summed E-state index contributed by atoms with van der Waals surface area (Å²) in [5.74, 6) is 0. The smallest absolute Gasteiger partial charge is 0.113 e. The fourth-order valence-corrected chi connectivity index (χ4v) is 3.50. The Morgan fingerprint density at radius 3 is 2.63 bits per heavy atom. The average molecular weight is 268 g/mol. The quantitative estimate of drug-likeness (QED) is 0.727. The molecule has 2 aromatic carbocycles. The van der Waals surface area contributed by atoms with Gasteiger partial charge < -0.3 is 5.11 Å². The summed E-state index contributed by atoms with van der Waals surface area (Å²) in [7, 11) is 0. The van der Waals surface area contributed by atoms with Gasteiger partial charge >= 0.3 is 0 Å². The van der Waals surface area contributed by atoms with Crippen LogP contribution in [0.5, 0.6) is 0 Å². The zero-order valence-corrected chi connectivity index (χ0v) is 11.9. The highest BCUT2D eigenvalue weighted by Gasteiger charge is 2.27. The zero-order valence-electron chi connectivity index (χ0n) is 11.1. The van der Waals surface area contributed by atoms with E-state index in [0.717, 1.165) is 21.4 Å². The van der Waals surface area contributed by atoms with Gasteiger partial charge in [-0.05, 0) is 36.2 Å². The Labute approximate surface area is 117 Å². The van der Waals surface area contributed by atoms with Crippen molar-refractivity contribution in [3.05, 3.63) is 70.6 Å². The van der Waals surface area contributed by atoms with Crippen LogP contribution >= 0.6 is 11.3 Å². The largest absolute Gasteiger partial charge is 0.381 e. The molecule has 0 radical (unpaired) electrons. The van der Waals surface area contributed by atoms with Crippen LogP contribution in [-0.2, 0) is 5.60 Å². The lowest BCUT2D eigenvalue weighted by atomic mass is 9.87. The number of thiophene rings is 1. The predicted octanol–water partition coefficient (Wildman–Crippen LogP) is 4.47. The summed E-state index contributed by atoms with van der Waals surface area (Å²) in [5, 5.41) is 14.3. The summed E-state index contributed by atoms with van der Waals surface area (Å²) in [5.41, 5.74) is 2.12. The molecule has 1 unspecified atom stereocenters. The lowest BCUT2D eigenvalue weighted by Crippen LogP contribution is -2.22. The van der Waals surface area contributed by atoms with Crippen LogP contribution in [0.15, 0.2) is 53.9 Å². The summed E-state index contributed by atoms with van der Waals surface area (Å²) < 4.78 is 1.16. The average Bonchev–Trinajstić information content (AvgIpc) is 2.86. The summed E-state index contributed by atoms with van der Waals surface area (Å²) in [6.45, 7) is 3.92. The molecule has 1 N–H and O–H groups in total. The van der Waals surface area contributed by atoms with Crippen molar-refractivity contribution in [3.63, 3.8) is 0 Å². The molecule has 0 aliphatic carbocycles. The summed E-state index contributed by atoms with van der Waals surface area (Å²) in [4.78, 5) is 0. The van der Waals surface area contributed by atoms with Crippen LogP contribution in [-0.4, -0.2) is 5.11 Å². The fraction of sp³-hybridized carbons (Fsp3) is 0.176. The maximum Gasteiger partial charge on any atom is 0.113 e. The third-order valence-corrected chi connectivity index (χ3v) is 4.55. The molecule has 0 spiro atoms. The standard InChI is InChI=1S/C17H16OS/c1-12-5-3-7-14(11-12)17(2,18)15-8-4-6-13-9-10-19-16(13)15/h3-11,18H,1-2H3. The maximum absolute atomic E-state index is 11.0. The molecule has 3 rings (SSSR count). The molecule has 19 heavy (non-hydrogen) atoms. The molecular weight excluding hydrogens is 252 g/mol. The Hall–Kier alpha value is -1.64. The Bertz CT molecular complexity index is 725. The lowest BCUT2D eigenvalue weighted by molar-refractivity contribution is 0.104. The first-order valence-corrected chi connectivity index (χ1v) is 7.23. The molecule has 0 saturated carbocycles. The first-order valence-electron chi connectivity index (χ1n) is 6.35. The van der Waals surface area contributed by atoms with E-state index in [1.54, 1.807) is 11.3 Å². The minimum atomic E-state index is -0.962. The summed E-state index contributed by atoms with van der Waals surface area (Å²) >= 11 is 1.68. The first kappa shape index (κ1) is 12.4. The van der Waals surface area contributed by atoms with Crippen LogP contribution < -0.4 is 0 Å². The second kappa shape index (κ2) is 4.48. The highest BCUT2D eigenvalue weighted by Crippen LogP contribution is 2.36. The predicted molar refractivity (Wildman–Crippen MR) is 81.7 cm³/mol. The Morgan fingerprint density at radius 1 is 1.05 bits per heavy atom. The van der Waals surface area contributed by atoms with E-state index in [9.17, 15) is 5.11 Å². The van der Waals surface area contributed by atoms with Crippen molar-refractivity contribution in [2.45, 2.75) is 19.4 Å². The van der Waals surface area contributed by atoms with Gasteiger partial charge in [0.05, 0.1) is 0 Å². The summed E-state index contributed by atoms with van der Waals surface area (Å²) in [6.07, 6.45) is 0. The Morgan fingerprint density at radius 2 is 1.84 bits per heavy atom. The molecule has 0 saturated heterocycles. The van der Waals surface area contributed by atoms with Crippen molar-refractivity contribution in [2.75, 3.05) is 0 Å². The summed E-state index contributed by atoms with van der Waals surface area (Å²) in [6, 6.07) is 16.3. The van der Waals surface area contributed by atoms with Gasteiger partial charge in [-0.25, -0.2) is 0 Å². The number of aryl methyl sites for hydroxylation is 1. The number of hydrogen-bond acceptors (Lipinski definition) is 2. The van der Waals surface area contributed by atoms with E-state index in [4.69, 9.17) is 0 Å². The number of aliphatic hydroxyl groups is 1. The third-order valence-electron chi connectivity index (χ3n) is 3.58. The van der Waals surface area contributed by atoms with Crippen molar-refractivity contribution in [2.24, 2.45) is 0 Å². The monoisotopic (exact) mass is 268 g/mol. The molecule has 2 heteroatoms. The van der Waals surface area contributed by atoms with Crippen LogP contribution in [0, 0.1) is 6.92 Å². The van der Waals surface area contributed by atoms with E-state index in [2.05, 4.69) is 17.5 Å². The van der Waals surface area contributed by atoms with Crippen molar-refractivity contribution >= 4 is 21.4 Å². The third kappa shape index (κ3) is 2.07. The van der Waals surface area contributed by atoms with Crippen LogP contribution in [0.4, 0.5) is 0 Å². The molecule has 3 aromatic rings. The Balaban J connectivity index is 2.21. The molecule has 0 aliphatic rings. The molecule has 96 valence electrons. The van der Waals surface area contributed by atoms with Gasteiger partial charge in [-0.3, -0.25) is 0 Å². The number of fused-ring (bicyclic) bond motifs is 1. The van der Waals surface area contributed by atoms with Gasteiger partial charge in [0, 0.05) is 10.3 Å². The van der Waals surface area contributed by atoms with Crippen LogP contribution in [0.3, 0.4) is 0 Å². The van der Waals surface area contributed by atoms with E-state index < -0.39 is 5.60 Å². The SMILES string of the molecule is Cc1cccc(C(C)(O)c2cccc3ccsc23)c1. The van der Waals surface area contributed by atoms with Crippen LogP contribution in [0.2, 0.25) is 0 Å². The molecule has 0 aliphatic heterocycles. The number of benzene rings is 2. The highest BCUT2D eigenvalue weighted by molar-refractivity contribution is 7.17. The highest BCUT2D eigenvalue weighted by atomic mass is 32.1. The van der Waals surface area contributed by atoms with Gasteiger partial charge in [-0.2, -0.15) is 0 Å². The molecule has 0 bridgehead atoms. The molecule has 1 nitrogen and oxygen atoms in total. The lowest BCUT2D eigenvalue weighted by Gasteiger charge is -2.25. The van der Waals surface area contributed by atoms with Gasteiger partial charge in [-0.1, -0.05) is 48.0 Å². The van der Waals surface area contributed by atoms with E-state index in [1.165, 1.54) is 5.39 Å². The van der Waals surface area contributed by atoms with E-state index in [1.807, 2.05) is 50.2 Å². The number of rotatable bonds is 2. The van der Waals surface area contributed by atoms with E-state index in [0.29, 0.717) is 0 Å². The van der Waals surface area contributed by atoms with Gasteiger partial charge in [-0.15, -0.1) is 11.3 Å². The zero-order chi connectivity index (χ0) is 13.5. The number of hydrogen-bond donors (Lipinski definition) is 1. The molecule has 0 amide bonds. The molecule has 1 atom stereocenters. The Kier molecular flexibility index (Phi) is 2.92. The van der Waals surface area contributed by atoms with Crippen LogP contribution in [0.1, 0.15) is 23.6 Å². The van der Waals surface area contributed by atoms with Crippen molar-refractivity contribution in [1.29, 1.82) is 0 Å². The van der Waals surface area contributed by atoms with Gasteiger partial charge in [0.15, 0.2) is 0 Å². The fourth-order valence-electron chi connectivity index (χ4n) is 2.48. The van der Waals surface area contributed by atoms with E-state index in [-0.39, 0.29) is 0 Å². The minimum absolute atomic E-state index is 0.938. The molecule has 1 heterocycles. The van der Waals surface area contributed by atoms with Crippen molar-refractivity contribution in [3.8, 4) is 0 Å². The van der Waals surface area contributed by atoms with Crippen LogP contribution in [0.25, 0.3) is 10.1 Å². The van der Waals surface area contributed by atoms with Crippen molar-refractivity contribution in [1.82, 2.24) is 0 Å². The van der Waals surface area contributed by atoms with Gasteiger partial charge in [0.1, 0.15) is 5.60 Å². The maximum atomic E-state index is 11.0. The molecule has 0 fully saturated rings.